The van der Waals surface area contributed by atoms with E-state index in [9.17, 15) is 0 Å². The molecule has 0 bridgehead atoms. The summed E-state index contributed by atoms with van der Waals surface area (Å²) in [7, 11) is 0. The molecule has 0 N–H and O–H groups in total. The van der Waals surface area contributed by atoms with E-state index in [0.717, 1.165) is 99.2 Å². The van der Waals surface area contributed by atoms with Crippen molar-refractivity contribution in [1.29, 1.82) is 0 Å². The summed E-state index contributed by atoms with van der Waals surface area (Å²) in [5.74, 6) is 0. The van der Waals surface area contributed by atoms with Gasteiger partial charge in [0, 0.05) is 126 Å². The Morgan fingerprint density at radius 2 is 0.470 bits per heavy atom. The van der Waals surface area contributed by atoms with Gasteiger partial charge in [-0.2, -0.15) is 0 Å². The summed E-state index contributed by atoms with van der Waals surface area (Å²) in [5, 5.41) is 22.1. The summed E-state index contributed by atoms with van der Waals surface area (Å²) in [5.41, 5.74) is 26.8. The van der Waals surface area contributed by atoms with Crippen molar-refractivity contribution in [2.75, 3.05) is 0 Å². The molecule has 0 atom stereocenters. The molecule has 0 fully saturated rings. The number of aromatic nitrogens is 6. The van der Waals surface area contributed by atoms with Crippen LogP contribution in [0.3, 0.4) is 0 Å². The maximum Gasteiger partial charge on any atom is 0.0979 e. The third kappa shape index (κ3) is 11.6. The summed E-state index contributed by atoms with van der Waals surface area (Å²) in [6.45, 7) is 13.2. The largest absolute Gasteiger partial charge is 0.252 e. The van der Waals surface area contributed by atoms with Gasteiger partial charge in [-0.05, 0) is 155 Å². The molecule has 0 aliphatic carbocycles. The lowest BCUT2D eigenvalue weighted by Crippen LogP contribution is -1.94. The molecule has 117 heavy (non-hydrogen) atoms. The van der Waals surface area contributed by atoms with Crippen LogP contribution in [0, 0.1) is 41.5 Å². The van der Waals surface area contributed by atoms with E-state index in [1.807, 2.05) is 52.6 Å². The summed E-state index contributed by atoms with van der Waals surface area (Å²) in [6.07, 6.45) is 5.84. The number of hydrogen-bond acceptors (Lipinski definition) is 9. The number of hydrogen-bond donors (Lipinski definition) is 0. The van der Waals surface area contributed by atoms with Crippen LogP contribution in [0.1, 0.15) is 33.4 Å². The van der Waals surface area contributed by atoms with Crippen LogP contribution < -0.4 is 0 Å². The lowest BCUT2D eigenvalue weighted by Gasteiger charge is -2.13. The summed E-state index contributed by atoms with van der Waals surface area (Å²) >= 11 is 5.66. The van der Waals surface area contributed by atoms with Crippen molar-refractivity contribution in [3.05, 3.63) is 361 Å². The van der Waals surface area contributed by atoms with E-state index >= 15 is 0 Å². The highest BCUT2D eigenvalue weighted by Crippen LogP contribution is 2.49. The van der Waals surface area contributed by atoms with Gasteiger partial charge in [0.25, 0.3) is 0 Å². The first kappa shape index (κ1) is 69.9. The first-order chi connectivity index (χ1) is 57.5. The Morgan fingerprint density at radius 3 is 0.897 bits per heavy atom. The second kappa shape index (κ2) is 28.0. The van der Waals surface area contributed by atoms with Crippen molar-refractivity contribution < 1.29 is 0 Å². The average molecular weight is 1550 g/mol. The third-order valence-electron chi connectivity index (χ3n) is 23.5. The van der Waals surface area contributed by atoms with E-state index in [0.29, 0.717) is 0 Å². The lowest BCUT2D eigenvalue weighted by molar-refractivity contribution is 1.31. The maximum absolute atomic E-state index is 5.32. The molecule has 0 aliphatic heterocycles. The Morgan fingerprint density at radius 1 is 0.179 bits per heavy atom. The van der Waals surface area contributed by atoms with Crippen molar-refractivity contribution >= 4 is 192 Å². The molecule has 6 nitrogen and oxygen atoms in total. The zero-order chi connectivity index (χ0) is 78.3. The SMILES string of the molecule is Cc1cc(C)c2sc3c(-c4ccccc4-c4cnc5c6ccccc6c6ccccc6c5n4)cc(C)cc3c2c1.Cc1ccc2sc3c(-c4ccccc4-c4cnc5c6ccccc6c6ccccc6c5n4)cc(C)cc3c2c1.Cc1cccc2c1sc1c(-c3ccccc3-c3cnc4c5ccccc5c5ccccc5c4n3)cccc12. The predicted molar refractivity (Wildman–Crippen MR) is 503 cm³/mol. The fraction of sp³-hybridized carbons (Fsp3) is 0.0556. The van der Waals surface area contributed by atoms with Crippen LogP contribution in [0.5, 0.6) is 0 Å². The van der Waals surface area contributed by atoms with Crippen molar-refractivity contribution in [3.8, 4) is 67.2 Å². The Labute approximate surface area is 687 Å². The number of thiophene rings is 3. The standard InChI is InChI=1S/C37H26N2S.C36H24N2S.C35H22N2S/c1-21-16-23(3)36-31(17-21)32-19-22(2)18-30(37(32)40-36)26-12-4-7-13-27(26)33-20-38-34-28-14-8-5-10-24(28)25-11-6-9-15-29(25)35(34)39-33;1-21-15-16-33-29(17-21)31-19-22(2)18-30(36(31)39-33)25-11-3-6-12-26(25)32-20-37-34-27-13-7-4-9-23(27)24-10-5-8-14-28(24)35(34)38-32;1-21-10-8-17-29-30-19-9-18-28(35(30)38-34(21)29)24-13-2-5-14-25(24)31-20-36-32-26-15-6-3-11-22(26)23-12-4-7-16-27(23)33(32)37-31/h4-20H,1-3H3;3-20H,1-2H3;2-20H,1H3. The number of aryl methyl sites for hydroxylation is 6. The van der Waals surface area contributed by atoms with E-state index in [1.54, 1.807) is 0 Å². The Kier molecular flexibility index (Phi) is 16.7. The van der Waals surface area contributed by atoms with Gasteiger partial charge in [-0.1, -0.05) is 278 Å². The van der Waals surface area contributed by atoms with Crippen LogP contribution >= 0.6 is 34.0 Å². The van der Waals surface area contributed by atoms with E-state index in [2.05, 4.69) is 351 Å². The number of nitrogens with zero attached hydrogens (tertiary/aromatic N) is 6. The molecular formula is C108H72N6S3. The van der Waals surface area contributed by atoms with Gasteiger partial charge in [-0.15, -0.1) is 34.0 Å². The fourth-order valence-electron chi connectivity index (χ4n) is 18.3. The molecule has 552 valence electrons. The van der Waals surface area contributed by atoms with Gasteiger partial charge in [-0.3, -0.25) is 15.0 Å². The molecule has 24 rings (SSSR count). The molecule has 6 heterocycles. The highest BCUT2D eigenvalue weighted by Gasteiger charge is 2.24. The number of rotatable bonds is 6. The lowest BCUT2D eigenvalue weighted by atomic mass is 9.94. The third-order valence-corrected chi connectivity index (χ3v) is 27.5. The van der Waals surface area contributed by atoms with Crippen LogP contribution in [-0.2, 0) is 0 Å². The summed E-state index contributed by atoms with van der Waals surface area (Å²) < 4.78 is 8.01. The van der Waals surface area contributed by atoms with E-state index < -0.39 is 0 Å². The predicted octanol–water partition coefficient (Wildman–Crippen LogP) is 30.8. The summed E-state index contributed by atoms with van der Waals surface area (Å²) in [4.78, 5) is 31.0. The van der Waals surface area contributed by atoms with Crippen LogP contribution in [0.25, 0.3) is 225 Å². The van der Waals surface area contributed by atoms with Crippen LogP contribution in [0.2, 0.25) is 0 Å². The quantitative estimate of drug-likeness (QED) is 0.154. The van der Waals surface area contributed by atoms with Gasteiger partial charge in [0.05, 0.1) is 68.8 Å². The van der Waals surface area contributed by atoms with Gasteiger partial charge in [-0.25, -0.2) is 15.0 Å². The van der Waals surface area contributed by atoms with Crippen LogP contribution in [-0.4, -0.2) is 29.9 Å². The monoisotopic (exact) mass is 1550 g/mol. The molecule has 0 amide bonds. The van der Waals surface area contributed by atoms with Crippen LogP contribution in [0.4, 0.5) is 0 Å². The van der Waals surface area contributed by atoms with E-state index in [1.165, 1.54) is 160 Å². The van der Waals surface area contributed by atoms with Gasteiger partial charge in [0.2, 0.25) is 0 Å². The Bertz CT molecular complexity index is 8210. The second-order valence-corrected chi connectivity index (χ2v) is 34.1. The number of fused-ring (bicyclic) bond motifs is 27. The second-order valence-electron chi connectivity index (χ2n) is 31.0. The first-order valence-electron chi connectivity index (χ1n) is 39.8. The van der Waals surface area contributed by atoms with Gasteiger partial charge >= 0.3 is 0 Å². The highest BCUT2D eigenvalue weighted by molar-refractivity contribution is 7.27. The molecular weight excluding hydrogens is 1480 g/mol. The van der Waals surface area contributed by atoms with Crippen molar-refractivity contribution in [2.24, 2.45) is 0 Å². The molecule has 18 aromatic carbocycles. The number of benzene rings is 18. The molecule has 0 saturated heterocycles. The first-order valence-corrected chi connectivity index (χ1v) is 42.2. The minimum atomic E-state index is 0.892. The fourth-order valence-corrected chi connectivity index (χ4v) is 22.0. The van der Waals surface area contributed by atoms with E-state index in [-0.39, 0.29) is 0 Å². The van der Waals surface area contributed by atoms with Crippen molar-refractivity contribution in [2.45, 2.75) is 41.5 Å². The zero-order valence-corrected chi connectivity index (χ0v) is 67.5. The summed E-state index contributed by atoms with van der Waals surface area (Å²) in [6, 6.07) is 111. The topological polar surface area (TPSA) is 77.3 Å². The minimum absolute atomic E-state index is 0.892. The molecule has 6 aromatic heterocycles. The molecule has 0 radical (unpaired) electrons. The maximum atomic E-state index is 5.32. The molecule has 0 aliphatic rings. The molecule has 9 heteroatoms. The Hall–Kier alpha value is -13.8. The minimum Gasteiger partial charge on any atom is -0.252 e. The van der Waals surface area contributed by atoms with Gasteiger partial charge in [0.1, 0.15) is 0 Å². The van der Waals surface area contributed by atoms with Gasteiger partial charge < -0.3 is 0 Å². The highest BCUT2D eigenvalue weighted by atomic mass is 32.1. The normalized spacial score (nSPS) is 11.8. The molecule has 24 aromatic rings. The average Bonchev–Trinajstić information content (AvgIpc) is 1.51. The van der Waals surface area contributed by atoms with Crippen molar-refractivity contribution in [3.63, 3.8) is 0 Å². The smallest absolute Gasteiger partial charge is 0.0979 e. The van der Waals surface area contributed by atoms with E-state index in [4.69, 9.17) is 29.9 Å². The van der Waals surface area contributed by atoms with Crippen LogP contribution in [0.15, 0.2) is 328 Å². The molecule has 0 saturated carbocycles. The van der Waals surface area contributed by atoms with Gasteiger partial charge in [0.15, 0.2) is 0 Å². The molecule has 0 unspecified atom stereocenters. The zero-order valence-electron chi connectivity index (χ0n) is 65.1. The van der Waals surface area contributed by atoms with Crippen molar-refractivity contribution in [1.82, 2.24) is 29.9 Å². The Balaban J connectivity index is 0.000000106. The molecule has 0 spiro atoms.